The third-order valence-corrected chi connectivity index (χ3v) is 3.94. The molecule has 26 heavy (non-hydrogen) atoms. The molecule has 0 aliphatic rings. The number of carbonyl (C=O) groups is 1. The van der Waals surface area contributed by atoms with E-state index in [1.165, 1.54) is 0 Å². The van der Waals surface area contributed by atoms with Crippen LogP contribution < -0.4 is 16.0 Å². The molecular weight excluding hydrogens is 354 g/mol. The van der Waals surface area contributed by atoms with Crippen molar-refractivity contribution >= 4 is 23.5 Å². The Bertz CT molecular complexity index is 727. The topological polar surface area (TPSA) is 96.2 Å². The minimum absolute atomic E-state index is 0.133. The quantitative estimate of drug-likeness (QED) is 0.363. The fraction of sp³-hybridized carbons (Fsp3) is 0.412. The van der Waals surface area contributed by atoms with E-state index >= 15 is 0 Å². The van der Waals surface area contributed by atoms with E-state index < -0.39 is 0 Å². The molecule has 0 fully saturated rings. The first-order chi connectivity index (χ1) is 12.6. The monoisotopic (exact) mass is 377 g/mol. The van der Waals surface area contributed by atoms with E-state index in [-0.39, 0.29) is 5.91 Å². The molecule has 1 aromatic heterocycles. The van der Waals surface area contributed by atoms with E-state index in [9.17, 15) is 4.79 Å². The number of nitrogens with one attached hydrogen (secondary N) is 3. The van der Waals surface area contributed by atoms with Crippen molar-refractivity contribution < 1.29 is 4.79 Å². The Hall–Kier alpha value is -2.61. The van der Waals surface area contributed by atoms with E-state index in [2.05, 4.69) is 31.1 Å². The number of guanidine groups is 1. The summed E-state index contributed by atoms with van der Waals surface area (Å²) in [5.74, 6) is 1.50. The van der Waals surface area contributed by atoms with Crippen LogP contribution in [-0.2, 0) is 13.0 Å². The largest absolute Gasteiger partial charge is 0.355 e. The minimum atomic E-state index is -0.133. The Labute approximate surface area is 158 Å². The van der Waals surface area contributed by atoms with Crippen molar-refractivity contribution in [2.75, 3.05) is 26.7 Å². The van der Waals surface area contributed by atoms with Crippen LogP contribution in [0.2, 0.25) is 5.02 Å². The Morgan fingerprint density at radius 1 is 1.15 bits per heavy atom. The number of benzene rings is 1. The molecule has 0 radical (unpaired) electrons. The van der Waals surface area contributed by atoms with Gasteiger partial charge in [0.15, 0.2) is 5.96 Å². The average Bonchev–Trinajstić information content (AvgIpc) is 3.11. The van der Waals surface area contributed by atoms with Gasteiger partial charge in [-0.3, -0.25) is 9.79 Å². The SMILES string of the molecule is CCc1nncn1CCNC(=NC)NCCNC(=O)c1ccc(Cl)cc1. The molecule has 3 N–H and O–H groups in total. The van der Waals surface area contributed by atoms with Gasteiger partial charge in [0.1, 0.15) is 12.2 Å². The van der Waals surface area contributed by atoms with Crippen LogP contribution in [0.5, 0.6) is 0 Å². The van der Waals surface area contributed by atoms with Gasteiger partial charge in [-0.2, -0.15) is 0 Å². The normalized spacial score (nSPS) is 11.3. The lowest BCUT2D eigenvalue weighted by molar-refractivity contribution is 0.0954. The third-order valence-electron chi connectivity index (χ3n) is 3.69. The Kier molecular flexibility index (Phi) is 7.88. The number of aromatic nitrogens is 3. The molecule has 0 atom stereocenters. The van der Waals surface area contributed by atoms with Crippen molar-refractivity contribution in [3.63, 3.8) is 0 Å². The van der Waals surface area contributed by atoms with E-state index in [0.717, 1.165) is 18.8 Å². The molecule has 0 spiro atoms. The molecule has 1 heterocycles. The Morgan fingerprint density at radius 2 is 1.85 bits per heavy atom. The van der Waals surface area contributed by atoms with Gasteiger partial charge in [0.05, 0.1) is 0 Å². The molecule has 0 aliphatic heterocycles. The zero-order valence-electron chi connectivity index (χ0n) is 15.0. The van der Waals surface area contributed by atoms with Crippen molar-refractivity contribution in [2.24, 2.45) is 4.99 Å². The van der Waals surface area contributed by atoms with Crippen molar-refractivity contribution in [1.29, 1.82) is 0 Å². The number of rotatable bonds is 8. The van der Waals surface area contributed by atoms with E-state index in [1.54, 1.807) is 37.6 Å². The number of aryl methyl sites for hydroxylation is 1. The molecule has 0 unspecified atom stereocenters. The standard InChI is InChI=1S/C17H24ClN7O/c1-3-15-24-23-12-25(15)11-10-22-17(19-2)21-9-8-20-16(26)13-4-6-14(18)7-5-13/h4-7,12H,3,8-11H2,1-2H3,(H,20,26)(H2,19,21,22). The minimum Gasteiger partial charge on any atom is -0.355 e. The Morgan fingerprint density at radius 3 is 2.54 bits per heavy atom. The van der Waals surface area contributed by atoms with Gasteiger partial charge < -0.3 is 20.5 Å². The molecule has 1 aromatic carbocycles. The van der Waals surface area contributed by atoms with Crippen LogP contribution in [0.4, 0.5) is 0 Å². The molecular formula is C17H24ClN7O. The molecule has 2 aromatic rings. The summed E-state index contributed by atoms with van der Waals surface area (Å²) in [6.07, 6.45) is 2.57. The summed E-state index contributed by atoms with van der Waals surface area (Å²) < 4.78 is 2.01. The van der Waals surface area contributed by atoms with Gasteiger partial charge in [-0.1, -0.05) is 18.5 Å². The van der Waals surface area contributed by atoms with Crippen LogP contribution >= 0.6 is 11.6 Å². The van der Waals surface area contributed by atoms with Crippen LogP contribution in [0.15, 0.2) is 35.6 Å². The number of amides is 1. The van der Waals surface area contributed by atoms with Crippen LogP contribution in [0.3, 0.4) is 0 Å². The molecule has 0 aliphatic carbocycles. The maximum absolute atomic E-state index is 12.0. The average molecular weight is 378 g/mol. The van der Waals surface area contributed by atoms with Crippen molar-refractivity contribution in [1.82, 2.24) is 30.7 Å². The van der Waals surface area contributed by atoms with Gasteiger partial charge in [0.25, 0.3) is 5.91 Å². The van der Waals surface area contributed by atoms with Crippen LogP contribution in [0.25, 0.3) is 0 Å². The van der Waals surface area contributed by atoms with Crippen molar-refractivity contribution in [3.8, 4) is 0 Å². The molecule has 1 amide bonds. The lowest BCUT2D eigenvalue weighted by Crippen LogP contribution is -2.42. The first kappa shape index (κ1) is 19.7. The van der Waals surface area contributed by atoms with E-state index in [0.29, 0.717) is 36.2 Å². The summed E-state index contributed by atoms with van der Waals surface area (Å²) in [6.45, 7) is 4.54. The van der Waals surface area contributed by atoms with Crippen LogP contribution in [0, 0.1) is 0 Å². The van der Waals surface area contributed by atoms with Crippen LogP contribution in [-0.4, -0.2) is 53.3 Å². The highest BCUT2D eigenvalue weighted by molar-refractivity contribution is 6.30. The summed E-state index contributed by atoms with van der Waals surface area (Å²) in [5, 5.41) is 17.8. The second kappa shape index (κ2) is 10.4. The number of carbonyl (C=O) groups excluding carboxylic acids is 1. The first-order valence-electron chi connectivity index (χ1n) is 8.49. The maximum atomic E-state index is 12.0. The predicted octanol–water partition coefficient (Wildman–Crippen LogP) is 1.09. The molecule has 8 nitrogen and oxygen atoms in total. The molecule has 140 valence electrons. The van der Waals surface area contributed by atoms with Crippen LogP contribution in [0.1, 0.15) is 23.1 Å². The summed E-state index contributed by atoms with van der Waals surface area (Å²) in [5.41, 5.74) is 0.581. The summed E-state index contributed by atoms with van der Waals surface area (Å²) in [4.78, 5) is 16.2. The summed E-state index contributed by atoms with van der Waals surface area (Å²) >= 11 is 5.81. The lowest BCUT2D eigenvalue weighted by Gasteiger charge is -2.13. The van der Waals surface area contributed by atoms with Crippen molar-refractivity contribution in [3.05, 3.63) is 47.0 Å². The van der Waals surface area contributed by atoms with Gasteiger partial charge in [0.2, 0.25) is 0 Å². The fourth-order valence-corrected chi connectivity index (χ4v) is 2.44. The zero-order valence-corrected chi connectivity index (χ0v) is 15.8. The summed E-state index contributed by atoms with van der Waals surface area (Å²) in [7, 11) is 1.71. The van der Waals surface area contributed by atoms with E-state index in [1.807, 2.05) is 11.5 Å². The molecule has 9 heteroatoms. The number of aliphatic imine (C=N–C) groups is 1. The van der Waals surface area contributed by atoms with Gasteiger partial charge >= 0.3 is 0 Å². The Balaban J connectivity index is 1.65. The highest BCUT2D eigenvalue weighted by atomic mass is 35.5. The number of halogens is 1. The first-order valence-corrected chi connectivity index (χ1v) is 8.86. The molecule has 2 rings (SSSR count). The van der Waals surface area contributed by atoms with Crippen molar-refractivity contribution in [2.45, 2.75) is 19.9 Å². The molecule has 0 saturated carbocycles. The maximum Gasteiger partial charge on any atom is 0.251 e. The summed E-state index contributed by atoms with van der Waals surface area (Å²) in [6, 6.07) is 6.78. The third kappa shape index (κ3) is 6.03. The molecule has 0 bridgehead atoms. The number of nitrogens with zero attached hydrogens (tertiary/aromatic N) is 4. The second-order valence-electron chi connectivity index (χ2n) is 5.48. The van der Waals surface area contributed by atoms with E-state index in [4.69, 9.17) is 11.6 Å². The second-order valence-corrected chi connectivity index (χ2v) is 5.92. The van der Waals surface area contributed by atoms with Gasteiger partial charge in [-0.05, 0) is 24.3 Å². The predicted molar refractivity (Wildman–Crippen MR) is 103 cm³/mol. The smallest absolute Gasteiger partial charge is 0.251 e. The highest BCUT2D eigenvalue weighted by Crippen LogP contribution is 2.09. The zero-order chi connectivity index (χ0) is 18.8. The van der Waals surface area contributed by atoms with Gasteiger partial charge in [0, 0.05) is 50.2 Å². The molecule has 0 saturated heterocycles. The fourth-order valence-electron chi connectivity index (χ4n) is 2.32. The number of hydrogen-bond acceptors (Lipinski definition) is 4. The lowest BCUT2D eigenvalue weighted by atomic mass is 10.2. The van der Waals surface area contributed by atoms with Gasteiger partial charge in [-0.15, -0.1) is 10.2 Å². The van der Waals surface area contributed by atoms with Gasteiger partial charge in [-0.25, -0.2) is 0 Å². The number of hydrogen-bond donors (Lipinski definition) is 3. The highest BCUT2D eigenvalue weighted by Gasteiger charge is 2.05.